The van der Waals surface area contributed by atoms with Gasteiger partial charge in [-0.2, -0.15) is 0 Å². The van der Waals surface area contributed by atoms with Gasteiger partial charge in [-0.25, -0.2) is 9.59 Å². The molecule has 1 aromatic heterocycles. The van der Waals surface area contributed by atoms with Crippen LogP contribution in [0, 0.1) is 6.92 Å². The van der Waals surface area contributed by atoms with Crippen molar-refractivity contribution in [2.75, 3.05) is 13.7 Å². The van der Waals surface area contributed by atoms with Gasteiger partial charge in [-0.15, -0.1) is 0 Å². The minimum atomic E-state index is -0.645. The molecule has 0 amide bonds. The normalized spacial score (nSPS) is 13.6. The molecule has 0 radical (unpaired) electrons. The average molecular weight is 457 g/mol. The summed E-state index contributed by atoms with van der Waals surface area (Å²) in [5.74, 6) is -1.56. The summed E-state index contributed by atoms with van der Waals surface area (Å²) in [7, 11) is 1.25. The van der Waals surface area contributed by atoms with Gasteiger partial charge in [-0.3, -0.25) is 9.36 Å². The van der Waals surface area contributed by atoms with E-state index < -0.39 is 11.9 Å². The molecule has 3 aromatic rings. The van der Waals surface area contributed by atoms with Gasteiger partial charge in [0, 0.05) is 17.0 Å². The van der Waals surface area contributed by atoms with Crippen LogP contribution < -0.4 is 0 Å². The molecule has 172 valence electrons. The Labute approximate surface area is 196 Å². The van der Waals surface area contributed by atoms with E-state index in [0.717, 1.165) is 5.56 Å². The summed E-state index contributed by atoms with van der Waals surface area (Å²) >= 11 is 0. The fourth-order valence-electron chi connectivity index (χ4n) is 4.04. The maximum Gasteiger partial charge on any atom is 0.340 e. The first-order valence-electron chi connectivity index (χ1n) is 10.7. The van der Waals surface area contributed by atoms with Gasteiger partial charge >= 0.3 is 11.9 Å². The molecule has 0 unspecified atom stereocenters. The number of hydrogen-bond donors (Lipinski definition) is 1. The van der Waals surface area contributed by atoms with E-state index in [0.29, 0.717) is 28.1 Å². The number of hydrogen-bond acceptors (Lipinski definition) is 6. The second-order valence-corrected chi connectivity index (χ2v) is 7.63. The molecule has 1 aliphatic carbocycles. The predicted octanol–water partition coefficient (Wildman–Crippen LogP) is 4.59. The van der Waals surface area contributed by atoms with Crippen LogP contribution in [0.2, 0.25) is 0 Å². The summed E-state index contributed by atoms with van der Waals surface area (Å²) in [6, 6.07) is 13.8. The molecule has 0 spiro atoms. The van der Waals surface area contributed by atoms with Gasteiger partial charge in [0.1, 0.15) is 0 Å². The maximum atomic E-state index is 12.7. The Hall–Kier alpha value is -4.39. The number of aromatic nitrogens is 1. The zero-order valence-electron chi connectivity index (χ0n) is 19.0. The van der Waals surface area contributed by atoms with Crippen LogP contribution in [-0.2, 0) is 14.3 Å². The summed E-state index contributed by atoms with van der Waals surface area (Å²) in [5, 5.41) is 11.2. The lowest BCUT2D eigenvalue weighted by Gasteiger charge is -2.13. The SMILES string of the molecule is CCOC(=O)c1ccc(-n2c(C)c(C(=O)OC)c(C=C3C(=O)C=Cc4ccccc43)c2O)cc1. The molecule has 34 heavy (non-hydrogen) atoms. The van der Waals surface area contributed by atoms with Crippen LogP contribution in [0.1, 0.15) is 50.0 Å². The van der Waals surface area contributed by atoms with Crippen LogP contribution in [0.3, 0.4) is 0 Å². The zero-order chi connectivity index (χ0) is 24.4. The number of nitrogens with zero attached hydrogens (tertiary/aromatic N) is 1. The van der Waals surface area contributed by atoms with E-state index in [1.54, 1.807) is 44.2 Å². The van der Waals surface area contributed by atoms with E-state index in [1.807, 2.05) is 24.3 Å². The molecule has 7 heteroatoms. The van der Waals surface area contributed by atoms with E-state index in [9.17, 15) is 19.5 Å². The van der Waals surface area contributed by atoms with E-state index >= 15 is 0 Å². The molecular weight excluding hydrogens is 434 g/mol. The molecule has 7 nitrogen and oxygen atoms in total. The van der Waals surface area contributed by atoms with Gasteiger partial charge in [-0.05, 0) is 61.4 Å². The predicted molar refractivity (Wildman–Crippen MR) is 128 cm³/mol. The molecule has 1 heterocycles. The third kappa shape index (κ3) is 3.92. The monoisotopic (exact) mass is 457 g/mol. The third-order valence-corrected chi connectivity index (χ3v) is 5.66. The molecule has 0 saturated heterocycles. The van der Waals surface area contributed by atoms with Gasteiger partial charge in [-0.1, -0.05) is 30.3 Å². The second-order valence-electron chi connectivity index (χ2n) is 7.63. The summed E-state index contributed by atoms with van der Waals surface area (Å²) < 4.78 is 11.5. The van der Waals surface area contributed by atoms with Crippen LogP contribution in [0.25, 0.3) is 23.4 Å². The highest BCUT2D eigenvalue weighted by Crippen LogP contribution is 2.37. The highest BCUT2D eigenvalue weighted by Gasteiger charge is 2.27. The zero-order valence-corrected chi connectivity index (χ0v) is 19.0. The van der Waals surface area contributed by atoms with Crippen molar-refractivity contribution >= 4 is 35.4 Å². The average Bonchev–Trinajstić information content (AvgIpc) is 3.09. The van der Waals surface area contributed by atoms with Gasteiger partial charge in [0.2, 0.25) is 5.88 Å². The fraction of sp³-hybridized carbons (Fsp3) is 0.148. The summed E-state index contributed by atoms with van der Waals surface area (Å²) in [4.78, 5) is 37.4. The lowest BCUT2D eigenvalue weighted by Crippen LogP contribution is -2.07. The number of rotatable bonds is 5. The number of fused-ring (bicyclic) bond motifs is 1. The quantitative estimate of drug-likeness (QED) is 0.445. The van der Waals surface area contributed by atoms with Gasteiger partial charge in [0.25, 0.3) is 0 Å². The Bertz CT molecular complexity index is 1360. The molecule has 0 fully saturated rings. The molecule has 1 N–H and O–H groups in total. The summed E-state index contributed by atoms with van der Waals surface area (Å²) in [6.07, 6.45) is 4.71. The standard InChI is InChI=1S/C27H23NO6/c1-4-34-26(31)18-9-12-19(13-10-18)28-16(2)24(27(32)33-3)22(25(28)30)15-21-20-8-6-5-7-17(20)11-14-23(21)29/h5-15,30H,4H2,1-3H3. The molecule has 0 saturated carbocycles. The van der Waals surface area contributed by atoms with E-state index in [4.69, 9.17) is 9.47 Å². The van der Waals surface area contributed by atoms with Crippen molar-refractivity contribution in [3.05, 3.63) is 88.1 Å². The Balaban J connectivity index is 1.89. The number of methoxy groups -OCH3 is 1. The topological polar surface area (TPSA) is 94.8 Å². The van der Waals surface area contributed by atoms with Crippen molar-refractivity contribution in [2.24, 2.45) is 0 Å². The largest absolute Gasteiger partial charge is 0.494 e. The Morgan fingerprint density at radius 1 is 1.03 bits per heavy atom. The molecule has 0 atom stereocenters. The molecule has 2 aromatic carbocycles. The molecule has 0 aliphatic heterocycles. The number of ketones is 1. The number of aromatic hydroxyl groups is 1. The molecule has 4 rings (SSSR count). The lowest BCUT2D eigenvalue weighted by atomic mass is 9.90. The van der Waals surface area contributed by atoms with Crippen LogP contribution >= 0.6 is 0 Å². The lowest BCUT2D eigenvalue weighted by molar-refractivity contribution is -0.109. The van der Waals surface area contributed by atoms with Gasteiger partial charge < -0.3 is 14.6 Å². The Morgan fingerprint density at radius 3 is 2.41 bits per heavy atom. The van der Waals surface area contributed by atoms with Crippen LogP contribution in [-0.4, -0.2) is 41.1 Å². The van der Waals surface area contributed by atoms with Crippen LogP contribution in [0.4, 0.5) is 0 Å². The highest BCUT2D eigenvalue weighted by atomic mass is 16.5. The van der Waals surface area contributed by atoms with Crippen molar-refractivity contribution in [3.63, 3.8) is 0 Å². The molecular formula is C27H23NO6. The molecule has 0 bridgehead atoms. The maximum absolute atomic E-state index is 12.7. The Morgan fingerprint density at radius 2 is 1.74 bits per heavy atom. The number of esters is 2. The van der Waals surface area contributed by atoms with Gasteiger partial charge in [0.15, 0.2) is 5.78 Å². The third-order valence-electron chi connectivity index (χ3n) is 5.66. The van der Waals surface area contributed by atoms with Crippen LogP contribution in [0.15, 0.2) is 54.6 Å². The van der Waals surface area contributed by atoms with Crippen molar-refractivity contribution < 1.29 is 29.0 Å². The van der Waals surface area contributed by atoms with Crippen molar-refractivity contribution in [1.82, 2.24) is 4.57 Å². The van der Waals surface area contributed by atoms with Gasteiger partial charge in [0.05, 0.1) is 30.4 Å². The first-order valence-corrected chi connectivity index (χ1v) is 10.7. The van der Waals surface area contributed by atoms with Crippen molar-refractivity contribution in [2.45, 2.75) is 13.8 Å². The molecule has 1 aliphatic rings. The first kappa shape index (κ1) is 22.8. The van der Waals surface area contributed by atoms with Crippen molar-refractivity contribution in [3.8, 4) is 11.6 Å². The van der Waals surface area contributed by atoms with Crippen molar-refractivity contribution in [1.29, 1.82) is 0 Å². The van der Waals surface area contributed by atoms with E-state index in [1.165, 1.54) is 23.8 Å². The minimum absolute atomic E-state index is 0.141. The second kappa shape index (κ2) is 9.23. The number of carbonyl (C=O) groups is 3. The number of allylic oxidation sites excluding steroid dienone is 2. The fourth-order valence-corrected chi connectivity index (χ4v) is 4.04. The first-order chi connectivity index (χ1) is 16.4. The van der Waals surface area contributed by atoms with Crippen LogP contribution in [0.5, 0.6) is 5.88 Å². The summed E-state index contributed by atoms with van der Waals surface area (Å²) in [5.41, 5.74) is 3.54. The summed E-state index contributed by atoms with van der Waals surface area (Å²) in [6.45, 7) is 3.66. The van der Waals surface area contributed by atoms with E-state index in [2.05, 4.69) is 0 Å². The smallest absolute Gasteiger partial charge is 0.340 e. The van der Waals surface area contributed by atoms with E-state index in [-0.39, 0.29) is 29.4 Å². The minimum Gasteiger partial charge on any atom is -0.494 e. The highest BCUT2D eigenvalue weighted by molar-refractivity contribution is 6.33. The Kier molecular flexibility index (Phi) is 6.19. The number of carbonyl (C=O) groups excluding carboxylic acids is 3. The number of ether oxygens (including phenoxy) is 2. The number of benzene rings is 2.